The van der Waals surface area contributed by atoms with E-state index >= 15 is 0 Å². The second-order valence-electron chi connectivity index (χ2n) is 6.69. The Balaban J connectivity index is 2.19. The van der Waals surface area contributed by atoms with Crippen molar-refractivity contribution >= 4 is 45.8 Å². The second kappa shape index (κ2) is 10.6. The average Bonchev–Trinajstić information content (AvgIpc) is 2.78. The number of ether oxygens (including phenoxy) is 3. The molecule has 32 heavy (non-hydrogen) atoms. The molecule has 11 heteroatoms. The number of nitrogens with one attached hydrogen (secondary N) is 2. The maximum Gasteiger partial charge on any atom is 0.217 e. The van der Waals surface area contributed by atoms with E-state index in [1.165, 1.54) is 21.1 Å². The van der Waals surface area contributed by atoms with Crippen LogP contribution in [-0.2, 0) is 16.1 Å². The van der Waals surface area contributed by atoms with Crippen molar-refractivity contribution in [2.24, 2.45) is 0 Å². The normalized spacial score (nSPS) is 10.8. The standard InChI is InChI=1S/C21H23Cl2N5O4/c1-11(29)25-10-16-26-9-12-7-13(27-21(20(12)28-16)24-5-6-30-2)17-18(22)14(31-3)8-15(32-4)19(17)23/h7-9H,5-6,10H2,1-4H3,(H,24,27)(H,25,29). The number of aromatic nitrogens is 3. The van der Waals surface area contributed by atoms with Crippen LogP contribution in [0.15, 0.2) is 18.3 Å². The van der Waals surface area contributed by atoms with Gasteiger partial charge in [-0.2, -0.15) is 0 Å². The first kappa shape index (κ1) is 23.8. The highest BCUT2D eigenvalue weighted by atomic mass is 35.5. The Labute approximate surface area is 195 Å². The van der Waals surface area contributed by atoms with Gasteiger partial charge in [-0.05, 0) is 6.07 Å². The van der Waals surface area contributed by atoms with E-state index in [0.29, 0.717) is 68.5 Å². The lowest BCUT2D eigenvalue weighted by Gasteiger charge is -2.16. The van der Waals surface area contributed by atoms with Crippen LogP contribution in [0.3, 0.4) is 0 Å². The molecule has 2 heterocycles. The number of hydrogen-bond donors (Lipinski definition) is 2. The summed E-state index contributed by atoms with van der Waals surface area (Å²) in [4.78, 5) is 24.9. The first-order chi connectivity index (χ1) is 15.4. The summed E-state index contributed by atoms with van der Waals surface area (Å²) in [6.45, 7) is 2.60. The number of methoxy groups -OCH3 is 3. The lowest BCUT2D eigenvalue weighted by atomic mass is 10.1. The van der Waals surface area contributed by atoms with E-state index < -0.39 is 0 Å². The number of amides is 1. The van der Waals surface area contributed by atoms with E-state index in [9.17, 15) is 4.79 Å². The van der Waals surface area contributed by atoms with Gasteiger partial charge in [-0.15, -0.1) is 0 Å². The number of anilines is 1. The number of benzene rings is 1. The van der Waals surface area contributed by atoms with Gasteiger partial charge in [0.1, 0.15) is 22.8 Å². The van der Waals surface area contributed by atoms with Crippen molar-refractivity contribution in [1.29, 1.82) is 0 Å². The molecule has 2 N–H and O–H groups in total. The fourth-order valence-corrected chi connectivity index (χ4v) is 3.69. The number of carbonyl (C=O) groups excluding carboxylic acids is 1. The molecule has 0 aliphatic heterocycles. The van der Waals surface area contributed by atoms with Crippen LogP contribution < -0.4 is 20.1 Å². The predicted molar refractivity (Wildman–Crippen MR) is 124 cm³/mol. The van der Waals surface area contributed by atoms with Crippen LogP contribution in [0.5, 0.6) is 11.5 Å². The summed E-state index contributed by atoms with van der Waals surface area (Å²) in [6, 6.07) is 3.40. The van der Waals surface area contributed by atoms with Crippen LogP contribution in [-0.4, -0.2) is 55.3 Å². The van der Waals surface area contributed by atoms with Gasteiger partial charge in [0.05, 0.1) is 43.1 Å². The number of nitrogens with zero attached hydrogens (tertiary/aromatic N) is 3. The molecule has 0 atom stereocenters. The minimum Gasteiger partial charge on any atom is -0.495 e. The van der Waals surface area contributed by atoms with E-state index in [1.54, 1.807) is 25.4 Å². The molecule has 0 radical (unpaired) electrons. The van der Waals surface area contributed by atoms with Crippen molar-refractivity contribution in [1.82, 2.24) is 20.3 Å². The molecule has 170 valence electrons. The van der Waals surface area contributed by atoms with Crippen LogP contribution in [0.1, 0.15) is 12.7 Å². The molecule has 3 aromatic rings. The SMILES string of the molecule is COCCNc1nc(-c2c(Cl)c(OC)cc(OC)c2Cl)cc2cnc(CNC(C)=O)nc12. The van der Waals surface area contributed by atoms with Crippen LogP contribution >= 0.6 is 23.2 Å². The number of carbonyl (C=O) groups is 1. The molecule has 2 aromatic heterocycles. The topological polar surface area (TPSA) is 107 Å². The molecule has 9 nitrogen and oxygen atoms in total. The summed E-state index contributed by atoms with van der Waals surface area (Å²) in [5, 5.41) is 7.22. The van der Waals surface area contributed by atoms with Gasteiger partial charge < -0.3 is 24.8 Å². The van der Waals surface area contributed by atoms with Gasteiger partial charge in [0.25, 0.3) is 0 Å². The Morgan fingerprint density at radius 2 is 1.75 bits per heavy atom. The monoisotopic (exact) mass is 479 g/mol. The zero-order valence-corrected chi connectivity index (χ0v) is 19.6. The van der Waals surface area contributed by atoms with Gasteiger partial charge in [0, 0.05) is 43.8 Å². The molecule has 0 fully saturated rings. The molecule has 0 bridgehead atoms. The summed E-state index contributed by atoms with van der Waals surface area (Å²) in [5.41, 5.74) is 1.54. The van der Waals surface area contributed by atoms with Crippen LogP contribution in [0.2, 0.25) is 10.0 Å². The Morgan fingerprint density at radius 3 is 2.34 bits per heavy atom. The quantitative estimate of drug-likeness (QED) is 0.447. The van der Waals surface area contributed by atoms with Crippen molar-refractivity contribution in [3.8, 4) is 22.8 Å². The average molecular weight is 480 g/mol. The van der Waals surface area contributed by atoms with E-state index in [2.05, 4.69) is 20.6 Å². The maximum absolute atomic E-state index is 11.2. The van der Waals surface area contributed by atoms with Crippen LogP contribution in [0.4, 0.5) is 5.82 Å². The van der Waals surface area contributed by atoms with Gasteiger partial charge in [-0.3, -0.25) is 4.79 Å². The first-order valence-corrected chi connectivity index (χ1v) is 10.4. The highest BCUT2D eigenvalue weighted by Gasteiger charge is 2.21. The Kier molecular flexibility index (Phi) is 7.89. The fraction of sp³-hybridized carbons (Fsp3) is 0.333. The van der Waals surface area contributed by atoms with Crippen molar-refractivity contribution in [2.45, 2.75) is 13.5 Å². The molecule has 1 amide bonds. The van der Waals surface area contributed by atoms with Crippen molar-refractivity contribution in [3.63, 3.8) is 0 Å². The second-order valence-corrected chi connectivity index (χ2v) is 7.45. The zero-order valence-electron chi connectivity index (χ0n) is 18.1. The Morgan fingerprint density at radius 1 is 1.06 bits per heavy atom. The number of halogens is 2. The molecule has 0 spiro atoms. The Bertz CT molecular complexity index is 1110. The number of fused-ring (bicyclic) bond motifs is 1. The molecule has 3 rings (SSSR count). The smallest absolute Gasteiger partial charge is 0.217 e. The molecule has 0 saturated carbocycles. The Hall–Kier alpha value is -2.88. The van der Waals surface area contributed by atoms with E-state index in [-0.39, 0.29) is 12.5 Å². The third-order valence-corrected chi connectivity index (χ3v) is 5.29. The summed E-state index contributed by atoms with van der Waals surface area (Å²) in [7, 11) is 4.63. The lowest BCUT2D eigenvalue weighted by molar-refractivity contribution is -0.119. The number of rotatable bonds is 9. The first-order valence-electron chi connectivity index (χ1n) is 9.63. The van der Waals surface area contributed by atoms with Crippen molar-refractivity contribution in [3.05, 3.63) is 34.2 Å². The lowest BCUT2D eigenvalue weighted by Crippen LogP contribution is -2.20. The van der Waals surface area contributed by atoms with Crippen LogP contribution in [0.25, 0.3) is 22.2 Å². The maximum atomic E-state index is 11.2. The van der Waals surface area contributed by atoms with Crippen molar-refractivity contribution in [2.75, 3.05) is 39.8 Å². The highest BCUT2D eigenvalue weighted by molar-refractivity contribution is 6.41. The molecular weight excluding hydrogens is 457 g/mol. The van der Waals surface area contributed by atoms with Gasteiger partial charge in [-0.25, -0.2) is 15.0 Å². The fourth-order valence-electron chi connectivity index (χ4n) is 3.00. The van der Waals surface area contributed by atoms with Gasteiger partial charge >= 0.3 is 0 Å². The largest absolute Gasteiger partial charge is 0.495 e. The van der Waals surface area contributed by atoms with Gasteiger partial charge in [0.15, 0.2) is 5.82 Å². The van der Waals surface area contributed by atoms with Crippen molar-refractivity contribution < 1.29 is 19.0 Å². The third-order valence-electron chi connectivity index (χ3n) is 4.54. The third kappa shape index (κ3) is 5.12. The summed E-state index contributed by atoms with van der Waals surface area (Å²) >= 11 is 13.2. The van der Waals surface area contributed by atoms with E-state index in [0.717, 1.165) is 0 Å². The summed E-state index contributed by atoms with van der Waals surface area (Å²) < 4.78 is 15.9. The highest BCUT2D eigenvalue weighted by Crippen LogP contribution is 2.46. The van der Waals surface area contributed by atoms with E-state index in [1.807, 2.05) is 0 Å². The minimum absolute atomic E-state index is 0.170. The molecule has 0 unspecified atom stereocenters. The van der Waals surface area contributed by atoms with Crippen LogP contribution in [0, 0.1) is 0 Å². The van der Waals surface area contributed by atoms with Gasteiger partial charge in [-0.1, -0.05) is 23.2 Å². The van der Waals surface area contributed by atoms with Gasteiger partial charge in [0.2, 0.25) is 5.91 Å². The molecular formula is C21H23Cl2N5O4. The zero-order chi connectivity index (χ0) is 23.3. The minimum atomic E-state index is -0.170. The molecule has 0 aliphatic carbocycles. The molecule has 1 aromatic carbocycles. The number of hydrogen-bond acceptors (Lipinski definition) is 8. The molecule has 0 aliphatic rings. The summed E-state index contributed by atoms with van der Waals surface area (Å²) in [5.74, 6) is 1.59. The predicted octanol–water partition coefficient (Wildman–Crippen LogP) is 3.71. The number of pyridine rings is 1. The molecule has 0 saturated heterocycles. The summed E-state index contributed by atoms with van der Waals surface area (Å²) in [6.07, 6.45) is 1.66. The van der Waals surface area contributed by atoms with E-state index in [4.69, 9.17) is 42.4 Å².